The van der Waals surface area contributed by atoms with Crippen LogP contribution in [0.1, 0.15) is 128 Å². The minimum Gasteiger partial charge on any atom is -0.420 e. The van der Waals surface area contributed by atoms with E-state index in [0.29, 0.717) is 0 Å². The molecule has 0 aromatic heterocycles. The lowest BCUT2D eigenvalue weighted by atomic mass is 9.91. The Morgan fingerprint density at radius 3 is 1.25 bits per heavy atom. The Kier molecular flexibility index (Phi) is 25.6. The van der Waals surface area contributed by atoms with E-state index >= 15 is 0 Å². The van der Waals surface area contributed by atoms with Gasteiger partial charge >= 0.3 is 8.80 Å². The lowest BCUT2D eigenvalue weighted by Gasteiger charge is -2.35. The van der Waals surface area contributed by atoms with E-state index in [1.165, 1.54) is 141 Å². The van der Waals surface area contributed by atoms with Crippen LogP contribution in [-0.2, 0) is 23.1 Å². The van der Waals surface area contributed by atoms with E-state index in [9.17, 15) is 4.21 Å². The zero-order chi connectivity index (χ0) is 39.2. The molecule has 0 saturated heterocycles. The number of rotatable bonds is 31. The first kappa shape index (κ1) is 49.7. The van der Waals surface area contributed by atoms with Gasteiger partial charge in [0.25, 0.3) is 0 Å². The van der Waals surface area contributed by atoms with Crippen LogP contribution < -0.4 is 10.4 Å². The van der Waals surface area contributed by atoms with Crippen molar-refractivity contribution in [3.8, 4) is 0 Å². The van der Waals surface area contributed by atoms with Crippen molar-refractivity contribution in [2.45, 2.75) is 212 Å². The summed E-state index contributed by atoms with van der Waals surface area (Å²) in [6.07, 6.45) is 26.8. The molecule has 1 atom stereocenters. The topological polar surface area (TPSA) is 44.8 Å². The fraction of sp³-hybridized carbons (Fsp3) is 0.857. The summed E-state index contributed by atoms with van der Waals surface area (Å²) in [5, 5.41) is 3.30. The minimum absolute atomic E-state index is 0.566. The molecule has 1 aromatic rings. The Hall–Kier alpha value is 0.551. The highest BCUT2D eigenvalue weighted by atomic mass is 32.2. The zero-order valence-electron chi connectivity index (χ0n) is 36.8. The highest BCUT2D eigenvalue weighted by molar-refractivity contribution is 7.84. The smallest absolute Gasteiger partial charge is 0.420 e. The summed E-state index contributed by atoms with van der Waals surface area (Å²) in [7, 11) is -9.45. The molecular formula is C42H88O4SSi6. The molecule has 310 valence electrons. The van der Waals surface area contributed by atoms with E-state index in [0.717, 1.165) is 23.5 Å². The number of unbranched alkanes of at least 4 members (excludes halogenated alkanes) is 13. The van der Waals surface area contributed by atoms with Gasteiger partial charge in [0, 0.05) is 28.3 Å². The maximum atomic E-state index is 12.4. The van der Waals surface area contributed by atoms with Crippen molar-refractivity contribution in [1.29, 1.82) is 0 Å². The molecule has 0 bridgehead atoms. The van der Waals surface area contributed by atoms with Crippen LogP contribution in [0.15, 0.2) is 24.3 Å². The van der Waals surface area contributed by atoms with Crippen LogP contribution in [0.3, 0.4) is 0 Å². The normalized spacial score (nSPS) is 15.6. The molecule has 1 aromatic carbocycles. The molecule has 0 spiro atoms. The number of hydrogen-bond acceptors (Lipinski definition) is 4. The summed E-state index contributed by atoms with van der Waals surface area (Å²) in [6, 6.07) is 13.9. The Morgan fingerprint density at radius 1 is 0.528 bits per heavy atom. The molecule has 1 saturated carbocycles. The molecule has 2 rings (SSSR count). The summed E-state index contributed by atoms with van der Waals surface area (Å²) < 4.78 is 32.1. The van der Waals surface area contributed by atoms with Gasteiger partial charge in [-0.05, 0) is 70.9 Å². The van der Waals surface area contributed by atoms with Crippen molar-refractivity contribution in [2.24, 2.45) is 5.92 Å². The zero-order valence-corrected chi connectivity index (χ0v) is 44.1. The summed E-state index contributed by atoms with van der Waals surface area (Å²) in [5.74, 6) is 2.69. The number of hydrogen-bond donors (Lipinski definition) is 0. The first-order chi connectivity index (χ1) is 25.1. The molecule has 1 unspecified atom stereocenters. The van der Waals surface area contributed by atoms with Gasteiger partial charge < -0.3 is 12.3 Å². The summed E-state index contributed by atoms with van der Waals surface area (Å²) in [5.41, 5.74) is 0. The molecule has 0 radical (unpaired) electrons. The monoisotopic (exact) mass is 857 g/mol. The lowest BCUT2D eigenvalue weighted by Crippen LogP contribution is -2.53. The quantitative estimate of drug-likeness (QED) is 0.0551. The van der Waals surface area contributed by atoms with E-state index in [1.54, 1.807) is 10.4 Å². The lowest BCUT2D eigenvalue weighted by molar-refractivity contribution is 0.266. The predicted octanol–water partition coefficient (Wildman–Crippen LogP) is 11.6. The van der Waals surface area contributed by atoms with Gasteiger partial charge in [0.1, 0.15) is 0 Å². The number of benzene rings is 1. The highest BCUT2D eigenvalue weighted by Gasteiger charge is 2.42. The van der Waals surface area contributed by atoms with Gasteiger partial charge in [0.2, 0.25) is 0 Å². The Labute approximate surface area is 341 Å². The largest absolute Gasteiger partial charge is 0.468 e. The Morgan fingerprint density at radius 2 is 0.868 bits per heavy atom. The molecule has 4 nitrogen and oxygen atoms in total. The standard InChI is InChI=1S/C42H88O4SSi6/c1-48(2)44-53(45-49(3)4,46-50(5)6)38-28-21-17-16-20-27-37-52(9,10)42-33-31-41(32-34-42)51(7,8)36-26-19-15-13-11-12-14-18-25-35-47(43)39-40-29-23-22-24-30-40/h31-34,40,48-50H,11-30,35-39H2,1-10H3. The first-order valence-electron chi connectivity index (χ1n) is 22.6. The average molecular weight is 858 g/mol. The third-order valence-corrected chi connectivity index (χ3v) is 31.1. The maximum absolute atomic E-state index is 12.4. The molecule has 0 heterocycles. The van der Waals surface area contributed by atoms with Gasteiger partial charge in [-0.1, -0.05) is 176 Å². The van der Waals surface area contributed by atoms with E-state index in [4.69, 9.17) is 12.3 Å². The van der Waals surface area contributed by atoms with Gasteiger partial charge in [0.15, 0.2) is 27.1 Å². The fourth-order valence-electron chi connectivity index (χ4n) is 8.38. The second-order valence-corrected chi connectivity index (χ2v) is 41.2. The molecule has 0 aliphatic heterocycles. The van der Waals surface area contributed by atoms with Crippen LogP contribution in [0.2, 0.25) is 83.6 Å². The van der Waals surface area contributed by atoms with Gasteiger partial charge in [-0.25, -0.2) is 0 Å². The second kappa shape index (κ2) is 27.3. The van der Waals surface area contributed by atoms with Crippen molar-refractivity contribution in [3.63, 3.8) is 0 Å². The van der Waals surface area contributed by atoms with E-state index in [2.05, 4.69) is 89.7 Å². The van der Waals surface area contributed by atoms with Crippen LogP contribution in [0.25, 0.3) is 0 Å². The third kappa shape index (κ3) is 22.3. The van der Waals surface area contributed by atoms with Crippen LogP contribution >= 0.6 is 0 Å². The van der Waals surface area contributed by atoms with E-state index < -0.39 is 62.9 Å². The Balaban J connectivity index is 1.57. The van der Waals surface area contributed by atoms with Crippen molar-refractivity contribution in [1.82, 2.24) is 0 Å². The van der Waals surface area contributed by atoms with Crippen molar-refractivity contribution >= 4 is 73.2 Å². The second-order valence-electron chi connectivity index (χ2n) is 18.9. The van der Waals surface area contributed by atoms with E-state index in [1.807, 2.05) is 0 Å². The van der Waals surface area contributed by atoms with E-state index in [-0.39, 0.29) is 0 Å². The summed E-state index contributed by atoms with van der Waals surface area (Å²) in [4.78, 5) is 0. The molecule has 1 fully saturated rings. The van der Waals surface area contributed by atoms with Crippen molar-refractivity contribution in [3.05, 3.63) is 24.3 Å². The SMILES string of the molecule is C[SiH](C)O[Si](CCCCCCCC[Si](C)(C)c1ccc([Si](C)(C)CCCCCCCCCCCS(=O)CC2CCCCC2)cc1)(O[SiH](C)C)O[SiH](C)C. The van der Waals surface area contributed by atoms with Gasteiger partial charge in [-0.2, -0.15) is 0 Å². The van der Waals surface area contributed by atoms with Crippen LogP contribution in [-0.4, -0.2) is 67.8 Å². The first-order valence-corrected chi connectivity index (χ1v) is 40.8. The van der Waals surface area contributed by atoms with Gasteiger partial charge in [-0.15, -0.1) is 0 Å². The third-order valence-electron chi connectivity index (χ3n) is 11.5. The molecule has 0 N–H and O–H groups in total. The van der Waals surface area contributed by atoms with Crippen LogP contribution in [0.4, 0.5) is 0 Å². The predicted molar refractivity (Wildman–Crippen MR) is 254 cm³/mol. The van der Waals surface area contributed by atoms with Crippen molar-refractivity contribution in [2.75, 3.05) is 11.5 Å². The van der Waals surface area contributed by atoms with Crippen LogP contribution in [0, 0.1) is 5.92 Å². The van der Waals surface area contributed by atoms with Gasteiger partial charge in [0.05, 0.1) is 16.1 Å². The molecular weight excluding hydrogens is 769 g/mol. The minimum atomic E-state index is -2.48. The molecule has 53 heavy (non-hydrogen) atoms. The highest BCUT2D eigenvalue weighted by Crippen LogP contribution is 2.26. The summed E-state index contributed by atoms with van der Waals surface area (Å²) >= 11 is 0. The van der Waals surface area contributed by atoms with Crippen LogP contribution in [0.5, 0.6) is 0 Å². The van der Waals surface area contributed by atoms with Crippen molar-refractivity contribution < 1.29 is 16.6 Å². The van der Waals surface area contributed by atoms with Gasteiger partial charge in [-0.3, -0.25) is 4.21 Å². The molecule has 0 amide bonds. The molecule has 1 aliphatic rings. The summed E-state index contributed by atoms with van der Waals surface area (Å²) in [6.45, 7) is 23.9. The average Bonchev–Trinajstić information content (AvgIpc) is 3.08. The molecule has 1 aliphatic carbocycles. The fourth-order valence-corrected chi connectivity index (χ4v) is 27.8. The molecule has 11 heteroatoms. The maximum Gasteiger partial charge on any atom is 0.468 e. The Bertz CT molecular complexity index is 1070.